The summed E-state index contributed by atoms with van der Waals surface area (Å²) in [6.45, 7) is 5.85. The molecule has 0 bridgehead atoms. The zero-order valence-electron chi connectivity index (χ0n) is 19.6. The molecule has 4 nitrogen and oxygen atoms in total. The number of hydrogen-bond donors (Lipinski definition) is 0. The van der Waals surface area contributed by atoms with Crippen LogP contribution < -0.4 is 9.47 Å². The van der Waals surface area contributed by atoms with Gasteiger partial charge in [-0.05, 0) is 72.6 Å². The lowest BCUT2D eigenvalue weighted by atomic mass is 9.90. The van der Waals surface area contributed by atoms with Crippen molar-refractivity contribution in [2.45, 2.75) is 39.2 Å². The number of benzene rings is 3. The van der Waals surface area contributed by atoms with Gasteiger partial charge in [-0.1, -0.05) is 61.5 Å². The lowest BCUT2D eigenvalue weighted by Gasteiger charge is -2.31. The van der Waals surface area contributed by atoms with Crippen molar-refractivity contribution in [1.29, 1.82) is 0 Å². The summed E-state index contributed by atoms with van der Waals surface area (Å²) < 4.78 is 11.6. The standard InChI is InChI=1S/C29H35NO3/c1-2-24-8-10-25(11-9-24)22-26-16-18-30(19-17-26)33-21-20-31-28-12-14-29(15-13-28)32-23-27-6-4-3-5-7-27/h3-15,26H,2,16-23H2,1H3. The average molecular weight is 446 g/mol. The summed E-state index contributed by atoms with van der Waals surface area (Å²) in [6, 6.07) is 27.1. The van der Waals surface area contributed by atoms with Crippen molar-refractivity contribution in [1.82, 2.24) is 5.06 Å². The quantitative estimate of drug-likeness (QED) is 0.334. The van der Waals surface area contributed by atoms with Gasteiger partial charge in [-0.25, -0.2) is 0 Å². The number of ether oxygens (including phenoxy) is 2. The molecule has 0 saturated carbocycles. The molecule has 4 heteroatoms. The van der Waals surface area contributed by atoms with Gasteiger partial charge in [-0.15, -0.1) is 0 Å². The first-order chi connectivity index (χ1) is 16.3. The number of nitrogens with zero attached hydrogens (tertiary/aromatic N) is 1. The van der Waals surface area contributed by atoms with Crippen LogP contribution in [0.3, 0.4) is 0 Å². The Morgan fingerprint density at radius 1 is 0.697 bits per heavy atom. The first-order valence-electron chi connectivity index (χ1n) is 12.1. The number of piperidine rings is 1. The summed E-state index contributed by atoms with van der Waals surface area (Å²) in [5.41, 5.74) is 4.03. The van der Waals surface area contributed by atoms with Gasteiger partial charge in [-0.2, -0.15) is 5.06 Å². The van der Waals surface area contributed by atoms with E-state index in [1.54, 1.807) is 0 Å². The molecule has 0 aliphatic carbocycles. The monoisotopic (exact) mass is 445 g/mol. The van der Waals surface area contributed by atoms with Gasteiger partial charge >= 0.3 is 0 Å². The first kappa shape index (κ1) is 23.3. The molecule has 4 rings (SSSR count). The first-order valence-corrected chi connectivity index (χ1v) is 12.1. The molecule has 3 aromatic rings. The van der Waals surface area contributed by atoms with E-state index in [-0.39, 0.29) is 0 Å². The molecule has 0 atom stereocenters. The van der Waals surface area contributed by atoms with Crippen molar-refractivity contribution in [3.05, 3.63) is 95.6 Å². The summed E-state index contributed by atoms with van der Waals surface area (Å²) in [6.07, 6.45) is 4.64. The molecule has 0 radical (unpaired) electrons. The molecule has 0 N–H and O–H groups in total. The van der Waals surface area contributed by atoms with Crippen LogP contribution in [-0.2, 0) is 24.3 Å². The van der Waals surface area contributed by atoms with Crippen LogP contribution in [0.1, 0.15) is 36.5 Å². The second kappa shape index (κ2) is 12.4. The maximum atomic E-state index is 5.93. The van der Waals surface area contributed by atoms with E-state index in [1.807, 2.05) is 42.5 Å². The Balaban J connectivity index is 1.09. The Labute approximate surface area is 198 Å². The fourth-order valence-corrected chi connectivity index (χ4v) is 4.19. The van der Waals surface area contributed by atoms with Crippen LogP contribution in [0.5, 0.6) is 11.5 Å². The van der Waals surface area contributed by atoms with E-state index in [2.05, 4.69) is 48.4 Å². The number of aryl methyl sites for hydroxylation is 1. The Kier molecular flexibility index (Phi) is 8.79. The third kappa shape index (κ3) is 7.62. The molecule has 1 fully saturated rings. The number of rotatable bonds is 11. The molecule has 1 saturated heterocycles. The molecule has 174 valence electrons. The third-order valence-corrected chi connectivity index (χ3v) is 6.23. The lowest BCUT2D eigenvalue weighted by Crippen LogP contribution is -2.35. The molecule has 33 heavy (non-hydrogen) atoms. The Morgan fingerprint density at radius 3 is 2.00 bits per heavy atom. The van der Waals surface area contributed by atoms with E-state index in [0.29, 0.717) is 19.8 Å². The Morgan fingerprint density at radius 2 is 1.33 bits per heavy atom. The van der Waals surface area contributed by atoms with Gasteiger partial charge < -0.3 is 9.47 Å². The van der Waals surface area contributed by atoms with E-state index in [9.17, 15) is 0 Å². The van der Waals surface area contributed by atoms with Crippen LogP contribution in [0.2, 0.25) is 0 Å². The van der Waals surface area contributed by atoms with Gasteiger partial charge in [0.2, 0.25) is 0 Å². The highest BCUT2D eigenvalue weighted by Gasteiger charge is 2.20. The normalized spacial score (nSPS) is 14.8. The van der Waals surface area contributed by atoms with Crippen molar-refractivity contribution in [3.8, 4) is 11.5 Å². The lowest BCUT2D eigenvalue weighted by molar-refractivity contribution is -0.178. The van der Waals surface area contributed by atoms with Crippen LogP contribution in [0, 0.1) is 5.92 Å². The Bertz CT molecular complexity index is 933. The van der Waals surface area contributed by atoms with Crippen LogP contribution in [0.15, 0.2) is 78.9 Å². The van der Waals surface area contributed by atoms with Crippen molar-refractivity contribution < 1.29 is 14.3 Å². The minimum absolute atomic E-state index is 0.536. The van der Waals surface area contributed by atoms with Gasteiger partial charge in [-0.3, -0.25) is 4.84 Å². The predicted molar refractivity (Wildman–Crippen MR) is 132 cm³/mol. The van der Waals surface area contributed by atoms with Crippen molar-refractivity contribution in [3.63, 3.8) is 0 Å². The Hall–Kier alpha value is -2.82. The van der Waals surface area contributed by atoms with E-state index >= 15 is 0 Å². The molecular formula is C29H35NO3. The second-order valence-corrected chi connectivity index (χ2v) is 8.67. The topological polar surface area (TPSA) is 30.9 Å². The fourth-order valence-electron chi connectivity index (χ4n) is 4.19. The summed E-state index contributed by atoms with van der Waals surface area (Å²) in [7, 11) is 0. The summed E-state index contributed by atoms with van der Waals surface area (Å²) in [4.78, 5) is 5.93. The fraction of sp³-hybridized carbons (Fsp3) is 0.379. The molecular weight excluding hydrogens is 410 g/mol. The van der Waals surface area contributed by atoms with Crippen molar-refractivity contribution in [2.24, 2.45) is 5.92 Å². The second-order valence-electron chi connectivity index (χ2n) is 8.67. The van der Waals surface area contributed by atoms with Gasteiger partial charge in [0, 0.05) is 13.1 Å². The van der Waals surface area contributed by atoms with E-state index in [0.717, 1.165) is 42.5 Å². The SMILES string of the molecule is CCc1ccc(CC2CCN(OCCOc3ccc(OCc4ccccc4)cc3)CC2)cc1. The molecule has 0 aromatic heterocycles. The largest absolute Gasteiger partial charge is 0.491 e. The van der Waals surface area contributed by atoms with Gasteiger partial charge in [0.1, 0.15) is 31.3 Å². The van der Waals surface area contributed by atoms with E-state index in [1.165, 1.54) is 30.4 Å². The van der Waals surface area contributed by atoms with Crippen LogP contribution in [-0.4, -0.2) is 31.4 Å². The highest BCUT2D eigenvalue weighted by atomic mass is 16.7. The molecule has 1 aliphatic heterocycles. The van der Waals surface area contributed by atoms with Crippen LogP contribution >= 0.6 is 0 Å². The zero-order valence-corrected chi connectivity index (χ0v) is 19.6. The molecule has 0 amide bonds. The molecule has 0 spiro atoms. The molecule has 1 aliphatic rings. The highest BCUT2D eigenvalue weighted by molar-refractivity contribution is 5.31. The zero-order chi connectivity index (χ0) is 22.7. The summed E-state index contributed by atoms with van der Waals surface area (Å²) >= 11 is 0. The maximum Gasteiger partial charge on any atom is 0.120 e. The van der Waals surface area contributed by atoms with Crippen molar-refractivity contribution >= 4 is 0 Å². The van der Waals surface area contributed by atoms with Crippen LogP contribution in [0.4, 0.5) is 0 Å². The summed E-state index contributed by atoms with van der Waals surface area (Å²) in [5, 5.41) is 2.10. The van der Waals surface area contributed by atoms with Gasteiger partial charge in [0.25, 0.3) is 0 Å². The predicted octanol–water partition coefficient (Wildman–Crippen LogP) is 6.09. The number of hydrogen-bond acceptors (Lipinski definition) is 4. The smallest absolute Gasteiger partial charge is 0.120 e. The van der Waals surface area contributed by atoms with E-state index < -0.39 is 0 Å². The molecule has 3 aromatic carbocycles. The minimum atomic E-state index is 0.536. The van der Waals surface area contributed by atoms with Crippen molar-refractivity contribution in [2.75, 3.05) is 26.3 Å². The van der Waals surface area contributed by atoms with Gasteiger partial charge in [0.15, 0.2) is 0 Å². The van der Waals surface area contributed by atoms with E-state index in [4.69, 9.17) is 14.3 Å². The average Bonchev–Trinajstić information content (AvgIpc) is 2.88. The van der Waals surface area contributed by atoms with Gasteiger partial charge in [0.05, 0.1) is 0 Å². The van der Waals surface area contributed by atoms with Crippen LogP contribution in [0.25, 0.3) is 0 Å². The summed E-state index contributed by atoms with van der Waals surface area (Å²) in [5.74, 6) is 2.42. The highest BCUT2D eigenvalue weighted by Crippen LogP contribution is 2.22. The third-order valence-electron chi connectivity index (χ3n) is 6.23. The molecule has 1 heterocycles. The minimum Gasteiger partial charge on any atom is -0.491 e. The molecule has 0 unspecified atom stereocenters. The number of hydroxylamine groups is 2. The maximum absolute atomic E-state index is 5.93.